The number of halogens is 1. The summed E-state index contributed by atoms with van der Waals surface area (Å²) in [7, 11) is 1.80. The number of aromatic nitrogens is 2. The Balaban J connectivity index is 0.00000192. The van der Waals surface area contributed by atoms with Crippen LogP contribution in [-0.2, 0) is 0 Å². The number of hydrogen-bond donors (Lipinski definition) is 3. The van der Waals surface area contributed by atoms with Gasteiger partial charge in [-0.05, 0) is 30.3 Å². The molecule has 0 fully saturated rings. The molecule has 0 unspecified atom stereocenters. The topological polar surface area (TPSA) is 87.1 Å². The fraction of sp³-hybridized carbons (Fsp3) is 0.0625. The van der Waals surface area contributed by atoms with Crippen LogP contribution in [0.3, 0.4) is 0 Å². The monoisotopic (exact) mass is 330 g/mol. The summed E-state index contributed by atoms with van der Waals surface area (Å²) in [6.45, 7) is 0. The summed E-state index contributed by atoms with van der Waals surface area (Å²) in [6.07, 6.45) is 0. The summed E-state index contributed by atoms with van der Waals surface area (Å²) in [5.41, 5.74) is 1.63. The molecule has 0 atom stereocenters. The minimum atomic E-state index is -0.973. The molecule has 0 aliphatic heterocycles. The van der Waals surface area contributed by atoms with Gasteiger partial charge in [-0.3, -0.25) is 0 Å². The van der Waals surface area contributed by atoms with Gasteiger partial charge in [-0.2, -0.15) is 4.98 Å². The molecule has 1 aromatic heterocycles. The Morgan fingerprint density at radius 1 is 1.09 bits per heavy atom. The van der Waals surface area contributed by atoms with Crippen LogP contribution < -0.4 is 10.6 Å². The standard InChI is InChI=1S/C16H14N4O2.ClH/c1-17-14-12-7-2-3-8-13(12)19-16(20-14)18-11-6-4-5-10(9-11)15(21)22;/h2-9H,1H3,(H,21,22)(H2,17,18,19,20);1H. The van der Waals surface area contributed by atoms with Crippen molar-refractivity contribution in [3.05, 3.63) is 54.1 Å². The van der Waals surface area contributed by atoms with Crippen LogP contribution in [0.25, 0.3) is 10.9 Å². The molecule has 2 aromatic carbocycles. The molecule has 0 bridgehead atoms. The number of carboxylic acids is 1. The largest absolute Gasteiger partial charge is 0.478 e. The molecule has 0 amide bonds. The van der Waals surface area contributed by atoms with Crippen molar-refractivity contribution >= 4 is 46.7 Å². The van der Waals surface area contributed by atoms with Crippen molar-refractivity contribution in [1.82, 2.24) is 9.97 Å². The lowest BCUT2D eigenvalue weighted by Gasteiger charge is -2.10. The molecule has 3 aromatic rings. The van der Waals surface area contributed by atoms with Gasteiger partial charge in [0.25, 0.3) is 0 Å². The second-order valence-corrected chi connectivity index (χ2v) is 4.67. The van der Waals surface area contributed by atoms with Crippen molar-refractivity contribution in [1.29, 1.82) is 0 Å². The predicted molar refractivity (Wildman–Crippen MR) is 93.0 cm³/mol. The number of nitrogens with zero attached hydrogens (tertiary/aromatic N) is 2. The molecule has 0 radical (unpaired) electrons. The lowest BCUT2D eigenvalue weighted by Crippen LogP contribution is -2.03. The number of fused-ring (bicyclic) bond motifs is 1. The average molecular weight is 331 g/mol. The fourth-order valence-corrected chi connectivity index (χ4v) is 2.18. The van der Waals surface area contributed by atoms with Crippen molar-refractivity contribution in [2.24, 2.45) is 0 Å². The number of nitrogens with one attached hydrogen (secondary N) is 2. The third kappa shape index (κ3) is 3.49. The van der Waals surface area contributed by atoms with E-state index in [4.69, 9.17) is 5.11 Å². The lowest BCUT2D eigenvalue weighted by molar-refractivity contribution is 0.0697. The zero-order valence-electron chi connectivity index (χ0n) is 12.3. The Hall–Kier alpha value is -2.86. The Kier molecular flexibility index (Phi) is 4.98. The van der Waals surface area contributed by atoms with Crippen LogP contribution in [0.4, 0.5) is 17.5 Å². The van der Waals surface area contributed by atoms with Crippen LogP contribution in [0.1, 0.15) is 10.4 Å². The van der Waals surface area contributed by atoms with Crippen LogP contribution in [0.2, 0.25) is 0 Å². The van der Waals surface area contributed by atoms with Gasteiger partial charge >= 0.3 is 5.97 Å². The summed E-state index contributed by atoms with van der Waals surface area (Å²) in [5, 5.41) is 16.0. The first kappa shape index (κ1) is 16.5. The Morgan fingerprint density at radius 3 is 2.61 bits per heavy atom. The Morgan fingerprint density at radius 2 is 1.87 bits per heavy atom. The van der Waals surface area contributed by atoms with Gasteiger partial charge in [0.15, 0.2) is 0 Å². The van der Waals surface area contributed by atoms with Crippen molar-refractivity contribution in [3.63, 3.8) is 0 Å². The molecule has 0 aliphatic rings. The molecule has 6 nitrogen and oxygen atoms in total. The summed E-state index contributed by atoms with van der Waals surface area (Å²) in [5.74, 6) is 0.145. The molecule has 118 valence electrons. The second kappa shape index (κ2) is 6.93. The van der Waals surface area contributed by atoms with E-state index in [0.29, 0.717) is 17.5 Å². The van der Waals surface area contributed by atoms with Crippen molar-refractivity contribution < 1.29 is 9.90 Å². The first-order valence-electron chi connectivity index (χ1n) is 6.72. The number of hydrogen-bond acceptors (Lipinski definition) is 5. The van der Waals surface area contributed by atoms with Gasteiger partial charge in [-0.25, -0.2) is 9.78 Å². The van der Waals surface area contributed by atoms with Gasteiger partial charge < -0.3 is 15.7 Å². The molecule has 3 rings (SSSR count). The molecule has 3 N–H and O–H groups in total. The summed E-state index contributed by atoms with van der Waals surface area (Å²) < 4.78 is 0. The van der Waals surface area contributed by atoms with E-state index in [1.807, 2.05) is 24.3 Å². The predicted octanol–water partition coefficient (Wildman–Crippen LogP) is 3.54. The minimum Gasteiger partial charge on any atom is -0.478 e. The fourth-order valence-electron chi connectivity index (χ4n) is 2.18. The number of aromatic carboxylic acids is 1. The number of carboxylic acid groups (broad SMARTS) is 1. The normalized spacial score (nSPS) is 9.96. The van der Waals surface area contributed by atoms with Gasteiger partial charge in [0.1, 0.15) is 5.82 Å². The number of carbonyl (C=O) groups is 1. The van der Waals surface area contributed by atoms with Crippen LogP contribution >= 0.6 is 12.4 Å². The highest BCUT2D eigenvalue weighted by molar-refractivity contribution is 5.91. The number of para-hydroxylation sites is 1. The van der Waals surface area contributed by atoms with Gasteiger partial charge in [0, 0.05) is 18.1 Å². The first-order valence-corrected chi connectivity index (χ1v) is 6.72. The third-order valence-electron chi connectivity index (χ3n) is 3.21. The maximum absolute atomic E-state index is 11.0. The zero-order valence-corrected chi connectivity index (χ0v) is 13.1. The molecule has 1 heterocycles. The molecular formula is C16H15ClN4O2. The summed E-state index contributed by atoms with van der Waals surface area (Å²) in [6, 6.07) is 14.2. The minimum absolute atomic E-state index is 0. The van der Waals surface area contributed by atoms with Gasteiger partial charge in [-0.1, -0.05) is 18.2 Å². The van der Waals surface area contributed by atoms with Crippen LogP contribution in [0.15, 0.2) is 48.5 Å². The average Bonchev–Trinajstić information content (AvgIpc) is 2.54. The van der Waals surface area contributed by atoms with Crippen LogP contribution in [0.5, 0.6) is 0 Å². The van der Waals surface area contributed by atoms with E-state index in [1.165, 1.54) is 6.07 Å². The lowest BCUT2D eigenvalue weighted by atomic mass is 10.2. The van der Waals surface area contributed by atoms with Crippen LogP contribution in [-0.4, -0.2) is 28.1 Å². The quantitative estimate of drug-likeness (QED) is 0.678. The molecule has 7 heteroatoms. The Labute approximate surface area is 139 Å². The van der Waals surface area contributed by atoms with Gasteiger partial charge in [-0.15, -0.1) is 12.4 Å². The van der Waals surface area contributed by atoms with E-state index in [9.17, 15) is 4.79 Å². The number of rotatable bonds is 4. The van der Waals surface area contributed by atoms with Crippen molar-refractivity contribution in [3.8, 4) is 0 Å². The molecule has 0 aliphatic carbocycles. The SMILES string of the molecule is CNc1nc(Nc2cccc(C(=O)O)c2)nc2ccccc12.Cl. The third-order valence-corrected chi connectivity index (χ3v) is 3.21. The van der Waals surface area contributed by atoms with Crippen molar-refractivity contribution in [2.45, 2.75) is 0 Å². The molecule has 23 heavy (non-hydrogen) atoms. The van der Waals surface area contributed by atoms with E-state index in [2.05, 4.69) is 20.6 Å². The van der Waals surface area contributed by atoms with Crippen molar-refractivity contribution in [2.75, 3.05) is 17.7 Å². The Bertz CT molecular complexity index is 854. The highest BCUT2D eigenvalue weighted by Gasteiger charge is 2.08. The van der Waals surface area contributed by atoms with E-state index >= 15 is 0 Å². The smallest absolute Gasteiger partial charge is 0.335 e. The molecular weight excluding hydrogens is 316 g/mol. The van der Waals surface area contributed by atoms with E-state index in [-0.39, 0.29) is 18.0 Å². The number of benzene rings is 2. The highest BCUT2D eigenvalue weighted by Crippen LogP contribution is 2.23. The maximum Gasteiger partial charge on any atom is 0.335 e. The van der Waals surface area contributed by atoms with Gasteiger partial charge in [0.05, 0.1) is 11.1 Å². The van der Waals surface area contributed by atoms with E-state index in [1.54, 1.807) is 25.2 Å². The van der Waals surface area contributed by atoms with Crippen LogP contribution in [0, 0.1) is 0 Å². The second-order valence-electron chi connectivity index (χ2n) is 4.67. The maximum atomic E-state index is 11.0. The number of anilines is 3. The summed E-state index contributed by atoms with van der Waals surface area (Å²) in [4.78, 5) is 19.9. The molecule has 0 spiro atoms. The highest BCUT2D eigenvalue weighted by atomic mass is 35.5. The van der Waals surface area contributed by atoms with Gasteiger partial charge in [0.2, 0.25) is 5.95 Å². The van der Waals surface area contributed by atoms with E-state index in [0.717, 1.165) is 10.9 Å². The first-order chi connectivity index (χ1) is 10.7. The summed E-state index contributed by atoms with van der Waals surface area (Å²) >= 11 is 0. The molecule has 0 saturated heterocycles. The molecule has 0 saturated carbocycles. The van der Waals surface area contributed by atoms with E-state index < -0.39 is 5.97 Å². The zero-order chi connectivity index (χ0) is 15.5.